The van der Waals surface area contributed by atoms with Gasteiger partial charge in [0.15, 0.2) is 0 Å². The van der Waals surface area contributed by atoms with Gasteiger partial charge in [0.05, 0.1) is 28.7 Å². The summed E-state index contributed by atoms with van der Waals surface area (Å²) in [6.07, 6.45) is -3.40. The summed E-state index contributed by atoms with van der Waals surface area (Å²) in [4.78, 5) is 20.7. The number of nitrogens with one attached hydrogen (secondary N) is 1. The molecule has 2 aromatic rings. The van der Waals surface area contributed by atoms with Gasteiger partial charge >= 0.3 is 6.18 Å². The van der Waals surface area contributed by atoms with Crippen LogP contribution in [0.1, 0.15) is 37.1 Å². The van der Waals surface area contributed by atoms with Crippen molar-refractivity contribution in [1.82, 2.24) is 19.6 Å². The minimum absolute atomic E-state index is 0.0458. The van der Waals surface area contributed by atoms with Crippen molar-refractivity contribution in [3.8, 4) is 0 Å². The summed E-state index contributed by atoms with van der Waals surface area (Å²) < 4.78 is 92.7. The van der Waals surface area contributed by atoms with Crippen LogP contribution in [0, 0.1) is 11.7 Å². The summed E-state index contributed by atoms with van der Waals surface area (Å²) in [7, 11) is -4.25. The van der Waals surface area contributed by atoms with Gasteiger partial charge in [-0.3, -0.25) is 4.79 Å². The number of rotatable bonds is 6. The highest BCUT2D eigenvalue weighted by molar-refractivity contribution is 7.89. The van der Waals surface area contributed by atoms with Crippen molar-refractivity contribution in [2.45, 2.75) is 55.5 Å². The Balaban J connectivity index is 1.43. The minimum atomic E-state index is -4.25. The Bertz CT molecular complexity index is 1250. The second kappa shape index (κ2) is 10.2. The molecule has 0 bridgehead atoms. The van der Waals surface area contributed by atoms with Crippen molar-refractivity contribution < 1.29 is 35.2 Å². The fourth-order valence-electron chi connectivity index (χ4n) is 4.33. The number of carbonyl (C=O) groups excluding carboxylic acids is 1. The summed E-state index contributed by atoms with van der Waals surface area (Å²) in [5, 5.41) is 2.55. The maximum Gasteiger partial charge on any atom is 0.392 e. The molecule has 0 radical (unpaired) electrons. The molecule has 13 heteroatoms. The topological polar surface area (TPSA) is 92.3 Å². The normalized spacial score (nSPS) is 23.4. The Labute approximate surface area is 204 Å². The van der Waals surface area contributed by atoms with Gasteiger partial charge in [0.25, 0.3) is 0 Å². The van der Waals surface area contributed by atoms with Crippen molar-refractivity contribution >= 4 is 21.5 Å². The first kappa shape index (κ1) is 26.1. The molecule has 2 heterocycles. The van der Waals surface area contributed by atoms with Crippen LogP contribution in [-0.4, -0.2) is 53.5 Å². The zero-order valence-electron chi connectivity index (χ0n) is 18.9. The zero-order valence-corrected chi connectivity index (χ0v) is 19.7. The first-order chi connectivity index (χ1) is 16.9. The highest BCUT2D eigenvalue weighted by Gasteiger charge is 2.44. The van der Waals surface area contributed by atoms with Gasteiger partial charge in [-0.25, -0.2) is 27.2 Å². The van der Waals surface area contributed by atoms with E-state index in [9.17, 15) is 35.2 Å². The fraction of sp³-hybridized carbons (Fsp3) is 0.435. The Kier molecular flexibility index (Phi) is 7.41. The number of sulfonamides is 1. The lowest BCUT2D eigenvalue weighted by atomic mass is 9.88. The molecule has 194 valence electrons. The maximum atomic E-state index is 14.2. The van der Waals surface area contributed by atoms with E-state index in [1.165, 1.54) is 12.4 Å². The van der Waals surface area contributed by atoms with Gasteiger partial charge < -0.3 is 5.32 Å². The third-order valence-electron chi connectivity index (χ3n) is 6.30. The molecule has 1 aliphatic carbocycles. The number of benzene rings is 1. The predicted octanol–water partition coefficient (Wildman–Crippen LogP) is 3.78. The van der Waals surface area contributed by atoms with Crippen molar-refractivity contribution in [2.24, 2.45) is 5.92 Å². The van der Waals surface area contributed by atoms with Crippen molar-refractivity contribution in [3.63, 3.8) is 0 Å². The maximum absolute atomic E-state index is 14.2. The van der Waals surface area contributed by atoms with E-state index in [2.05, 4.69) is 15.3 Å². The molecule has 1 amide bonds. The Morgan fingerprint density at radius 2 is 1.89 bits per heavy atom. The van der Waals surface area contributed by atoms with E-state index in [1.807, 2.05) is 0 Å². The van der Waals surface area contributed by atoms with Gasteiger partial charge in [0.1, 0.15) is 24.4 Å². The lowest BCUT2D eigenvalue weighted by Gasteiger charge is -2.24. The van der Waals surface area contributed by atoms with Gasteiger partial charge in [0, 0.05) is 13.0 Å². The van der Waals surface area contributed by atoms with Crippen LogP contribution in [0.5, 0.6) is 0 Å². The van der Waals surface area contributed by atoms with E-state index < -0.39 is 52.6 Å². The molecule has 1 aromatic carbocycles. The number of alkyl halides is 4. The lowest BCUT2D eigenvalue weighted by molar-refractivity contribution is -0.175. The Morgan fingerprint density at radius 1 is 1.17 bits per heavy atom. The van der Waals surface area contributed by atoms with E-state index in [0.29, 0.717) is 17.0 Å². The van der Waals surface area contributed by atoms with Crippen LogP contribution < -0.4 is 5.32 Å². The zero-order chi connectivity index (χ0) is 26.1. The summed E-state index contributed by atoms with van der Waals surface area (Å²) in [6, 6.07) is 4.25. The molecule has 1 aliphatic heterocycles. The number of carbonyl (C=O) groups is 1. The highest BCUT2D eigenvalue weighted by atomic mass is 32.2. The van der Waals surface area contributed by atoms with Gasteiger partial charge in [-0.1, -0.05) is 6.08 Å². The van der Waals surface area contributed by atoms with E-state index in [0.717, 1.165) is 28.6 Å². The van der Waals surface area contributed by atoms with E-state index in [1.54, 1.807) is 6.07 Å². The molecule has 1 aromatic heterocycles. The Hall–Kier alpha value is -2.93. The van der Waals surface area contributed by atoms with Gasteiger partial charge in [-0.05, 0) is 55.2 Å². The number of hydrogen-bond acceptors (Lipinski definition) is 5. The third-order valence-corrected chi connectivity index (χ3v) is 8.19. The molecule has 0 spiro atoms. The molecule has 3 unspecified atom stereocenters. The van der Waals surface area contributed by atoms with Gasteiger partial charge in [-0.15, -0.1) is 0 Å². The quantitative estimate of drug-likeness (QED) is 0.574. The predicted molar refractivity (Wildman–Crippen MR) is 119 cm³/mol. The molecule has 3 atom stereocenters. The number of amides is 1. The van der Waals surface area contributed by atoms with E-state index in [-0.39, 0.29) is 37.1 Å². The number of aromatic nitrogens is 2. The van der Waals surface area contributed by atoms with Crippen LogP contribution in [0.3, 0.4) is 0 Å². The smallest absolute Gasteiger partial charge is 0.349 e. The molecule has 1 saturated heterocycles. The molecule has 7 nitrogen and oxygen atoms in total. The van der Waals surface area contributed by atoms with Crippen LogP contribution in [0.2, 0.25) is 0 Å². The molecule has 1 fully saturated rings. The van der Waals surface area contributed by atoms with Crippen LogP contribution in [0.4, 0.5) is 22.0 Å². The summed E-state index contributed by atoms with van der Waals surface area (Å²) in [6.45, 7) is -0.632. The average molecular weight is 531 g/mol. The third kappa shape index (κ3) is 5.72. The number of nitrogens with zero attached hydrogens (tertiary/aromatic N) is 3. The van der Waals surface area contributed by atoms with Gasteiger partial charge in [0.2, 0.25) is 15.9 Å². The number of halogens is 5. The lowest BCUT2D eigenvalue weighted by Crippen LogP contribution is -2.45. The highest BCUT2D eigenvalue weighted by Crippen LogP contribution is 2.39. The van der Waals surface area contributed by atoms with Crippen LogP contribution >= 0.6 is 0 Å². The van der Waals surface area contributed by atoms with Crippen molar-refractivity contribution in [1.29, 1.82) is 0 Å². The van der Waals surface area contributed by atoms with Crippen LogP contribution in [0.15, 0.2) is 47.6 Å². The van der Waals surface area contributed by atoms with Crippen molar-refractivity contribution in [2.75, 3.05) is 6.54 Å². The summed E-state index contributed by atoms with van der Waals surface area (Å²) >= 11 is 0. The monoisotopic (exact) mass is 530 g/mol. The van der Waals surface area contributed by atoms with Crippen LogP contribution in [0.25, 0.3) is 5.57 Å². The van der Waals surface area contributed by atoms with Crippen molar-refractivity contribution in [3.05, 3.63) is 59.9 Å². The first-order valence-electron chi connectivity index (χ1n) is 11.2. The average Bonchev–Trinajstić information content (AvgIpc) is 3.25. The molecular weight excluding hydrogens is 507 g/mol. The number of hydrogen-bond donors (Lipinski definition) is 1. The fourth-order valence-corrected chi connectivity index (χ4v) is 5.96. The molecule has 36 heavy (non-hydrogen) atoms. The largest absolute Gasteiger partial charge is 0.392 e. The summed E-state index contributed by atoms with van der Waals surface area (Å²) in [5.74, 6) is -2.76. The molecule has 1 N–H and O–H groups in total. The molecule has 2 aliphatic rings. The van der Waals surface area contributed by atoms with E-state index >= 15 is 0 Å². The standard InChI is InChI=1S/C23H23F5N4O3S/c24-16-5-7-19(8-6-16)36(34,35)32-12-17(25)9-21(32)22(33)29-11-18-10-20(31-13-30-18)14-1-3-15(4-2-14)23(26,27)28/h1,5-8,10,13,15,17,21H,2-4,9,11-12H2,(H,29,33). The molecular formula is C23H23F5N4O3S. The second-order valence-corrected chi connectivity index (χ2v) is 10.6. The molecule has 4 rings (SSSR count). The SMILES string of the molecule is O=C(NCc1cc(C2=CCC(C(F)(F)F)CC2)ncn1)C1CC(F)CN1S(=O)(=O)c1ccc(F)cc1. The first-order valence-corrected chi connectivity index (χ1v) is 12.7. The number of allylic oxidation sites excluding steroid dienone is 2. The Morgan fingerprint density at radius 3 is 2.53 bits per heavy atom. The minimum Gasteiger partial charge on any atom is -0.349 e. The molecule has 0 saturated carbocycles. The van der Waals surface area contributed by atoms with Crippen LogP contribution in [-0.2, 0) is 21.4 Å². The van der Waals surface area contributed by atoms with Gasteiger partial charge in [-0.2, -0.15) is 17.5 Å². The second-order valence-electron chi connectivity index (χ2n) is 8.73. The summed E-state index contributed by atoms with van der Waals surface area (Å²) in [5.41, 5.74) is 1.45. The van der Waals surface area contributed by atoms with E-state index in [4.69, 9.17) is 0 Å².